The molecule has 2 aromatic rings. The molecule has 0 saturated carbocycles. The highest BCUT2D eigenvalue weighted by Gasteiger charge is 2.30. The van der Waals surface area contributed by atoms with Crippen LogP contribution in [0.15, 0.2) is 46.9 Å². The summed E-state index contributed by atoms with van der Waals surface area (Å²) in [6.45, 7) is 12.0. The summed E-state index contributed by atoms with van der Waals surface area (Å²) in [4.78, 5) is 2.44. The molecule has 0 N–H and O–H groups in total. The van der Waals surface area contributed by atoms with Gasteiger partial charge < -0.3 is 4.90 Å². The van der Waals surface area contributed by atoms with Gasteiger partial charge in [0.2, 0.25) is 0 Å². The summed E-state index contributed by atoms with van der Waals surface area (Å²) in [6.07, 6.45) is 4.34. The normalized spacial score (nSPS) is 15.8. The summed E-state index contributed by atoms with van der Waals surface area (Å²) in [5, 5.41) is 9.71. The fourth-order valence-electron chi connectivity index (χ4n) is 3.97. The smallest absolute Gasteiger partial charge is 0.0998 e. The highest BCUT2D eigenvalue weighted by Crippen LogP contribution is 2.40. The van der Waals surface area contributed by atoms with E-state index in [2.05, 4.69) is 79.7 Å². The van der Waals surface area contributed by atoms with E-state index < -0.39 is 0 Å². The van der Waals surface area contributed by atoms with Crippen LogP contribution in [0.4, 0.5) is 5.69 Å². The number of hydrogen-bond acceptors (Lipinski definition) is 2. The Morgan fingerprint density at radius 3 is 2.59 bits per heavy atom. The molecule has 0 unspecified atom stereocenters. The highest BCUT2D eigenvalue weighted by atomic mass is 79.9. The molecule has 3 heteroatoms. The van der Waals surface area contributed by atoms with Gasteiger partial charge in [0.25, 0.3) is 0 Å². The van der Waals surface area contributed by atoms with Crippen LogP contribution in [0.1, 0.15) is 49.9 Å². The van der Waals surface area contributed by atoms with Crippen LogP contribution in [0.5, 0.6) is 0 Å². The predicted octanol–water partition coefficient (Wildman–Crippen LogP) is 6.84. The lowest BCUT2D eigenvalue weighted by Gasteiger charge is -2.43. The predicted molar refractivity (Wildman–Crippen MR) is 120 cm³/mol. The van der Waals surface area contributed by atoms with Crippen LogP contribution in [0.2, 0.25) is 0 Å². The van der Waals surface area contributed by atoms with E-state index in [1.54, 1.807) is 0 Å². The van der Waals surface area contributed by atoms with Gasteiger partial charge in [-0.05, 0) is 87.2 Å². The summed E-state index contributed by atoms with van der Waals surface area (Å²) in [5.41, 5.74) is 7.68. The van der Waals surface area contributed by atoms with E-state index in [0.29, 0.717) is 5.57 Å². The molecule has 0 aliphatic carbocycles. The van der Waals surface area contributed by atoms with Crippen LogP contribution in [0, 0.1) is 18.3 Å². The maximum atomic E-state index is 9.71. The number of hydrogen-bond donors (Lipinski definition) is 0. The number of fused-ring (bicyclic) bond motifs is 1. The van der Waals surface area contributed by atoms with Gasteiger partial charge >= 0.3 is 0 Å². The van der Waals surface area contributed by atoms with E-state index in [1.807, 2.05) is 30.3 Å². The van der Waals surface area contributed by atoms with Crippen molar-refractivity contribution in [2.75, 3.05) is 11.4 Å². The Balaban J connectivity index is 2.14. The van der Waals surface area contributed by atoms with E-state index in [-0.39, 0.29) is 5.54 Å². The number of rotatable bonds is 3. The molecule has 1 heterocycles. The minimum atomic E-state index is 0.00373. The number of anilines is 1. The van der Waals surface area contributed by atoms with Gasteiger partial charge in [-0.1, -0.05) is 34.1 Å². The fraction of sp³-hybridized carbons (Fsp3) is 0.292. The number of nitriles is 1. The number of aryl methyl sites for hydroxylation is 1. The van der Waals surface area contributed by atoms with E-state index in [1.165, 1.54) is 22.4 Å². The molecule has 27 heavy (non-hydrogen) atoms. The Hall–Kier alpha value is -2.31. The molecule has 0 radical (unpaired) electrons. The van der Waals surface area contributed by atoms with Crippen molar-refractivity contribution in [3.05, 3.63) is 69.2 Å². The largest absolute Gasteiger partial charge is 0.363 e. The van der Waals surface area contributed by atoms with E-state index in [4.69, 9.17) is 0 Å². The van der Waals surface area contributed by atoms with Gasteiger partial charge in [-0.3, -0.25) is 0 Å². The second kappa shape index (κ2) is 7.37. The van der Waals surface area contributed by atoms with Crippen molar-refractivity contribution in [3.8, 4) is 6.07 Å². The van der Waals surface area contributed by atoms with Gasteiger partial charge in [0.05, 0.1) is 17.2 Å². The molecule has 0 saturated heterocycles. The fourth-order valence-corrected chi connectivity index (χ4v) is 4.37. The molecule has 0 atom stereocenters. The lowest BCUT2D eigenvalue weighted by molar-refractivity contribution is 0.566. The van der Waals surface area contributed by atoms with E-state index in [0.717, 1.165) is 22.1 Å². The summed E-state index contributed by atoms with van der Waals surface area (Å²) in [7, 11) is 0. The molecule has 0 amide bonds. The van der Waals surface area contributed by atoms with Gasteiger partial charge in [0.1, 0.15) is 0 Å². The van der Waals surface area contributed by atoms with Crippen molar-refractivity contribution in [2.24, 2.45) is 0 Å². The summed E-state index contributed by atoms with van der Waals surface area (Å²) in [6, 6.07) is 14.7. The number of halogens is 1. The molecular weight excluding hydrogens is 396 g/mol. The molecule has 1 aliphatic rings. The monoisotopic (exact) mass is 420 g/mol. The first-order chi connectivity index (χ1) is 12.8. The first kappa shape index (κ1) is 19.5. The van der Waals surface area contributed by atoms with Crippen molar-refractivity contribution in [2.45, 2.75) is 40.2 Å². The molecule has 3 rings (SSSR count). The number of likely N-dealkylation sites (N-methyl/N-ethyl adjacent to an activating group) is 1. The molecular formula is C24H25BrN2. The zero-order valence-corrected chi connectivity index (χ0v) is 18.2. The molecule has 2 aromatic carbocycles. The number of allylic oxidation sites excluding steroid dienone is 2. The number of nitrogens with zero attached hydrogens (tertiary/aromatic N) is 2. The molecule has 0 spiro atoms. The summed E-state index contributed by atoms with van der Waals surface area (Å²) >= 11 is 3.49. The van der Waals surface area contributed by atoms with Crippen molar-refractivity contribution >= 4 is 38.8 Å². The third-order valence-corrected chi connectivity index (χ3v) is 5.73. The van der Waals surface area contributed by atoms with Crippen LogP contribution in [-0.2, 0) is 0 Å². The summed E-state index contributed by atoms with van der Waals surface area (Å²) in [5.74, 6) is 0. The van der Waals surface area contributed by atoms with Crippen LogP contribution in [0.3, 0.4) is 0 Å². The lowest BCUT2D eigenvalue weighted by atomic mass is 9.86. The van der Waals surface area contributed by atoms with E-state index in [9.17, 15) is 5.26 Å². The van der Waals surface area contributed by atoms with Crippen LogP contribution in [-0.4, -0.2) is 12.1 Å². The van der Waals surface area contributed by atoms with Gasteiger partial charge in [0.15, 0.2) is 0 Å². The van der Waals surface area contributed by atoms with E-state index >= 15 is 0 Å². The van der Waals surface area contributed by atoms with Crippen LogP contribution < -0.4 is 4.90 Å². The SMILES string of the molecule is CCN1c2cc(C)c(/C=C(\C#N)c3cccc(Br)c3)cc2C(C)=CC1(C)C. The molecule has 0 aromatic heterocycles. The quantitative estimate of drug-likeness (QED) is 0.401. The van der Waals surface area contributed by atoms with Crippen molar-refractivity contribution in [1.29, 1.82) is 5.26 Å². The van der Waals surface area contributed by atoms with Gasteiger partial charge in [-0.25, -0.2) is 0 Å². The first-order valence-corrected chi connectivity index (χ1v) is 10.1. The van der Waals surface area contributed by atoms with Gasteiger partial charge in [-0.2, -0.15) is 5.26 Å². The van der Waals surface area contributed by atoms with Gasteiger partial charge in [-0.15, -0.1) is 0 Å². The average Bonchev–Trinajstić information content (AvgIpc) is 2.60. The zero-order chi connectivity index (χ0) is 19.8. The van der Waals surface area contributed by atoms with Crippen molar-refractivity contribution in [1.82, 2.24) is 0 Å². The molecule has 0 bridgehead atoms. The topological polar surface area (TPSA) is 27.0 Å². The van der Waals surface area contributed by atoms with Crippen LogP contribution >= 0.6 is 15.9 Å². The third kappa shape index (κ3) is 3.73. The second-order valence-corrected chi connectivity index (χ2v) is 8.55. The Labute approximate surface area is 171 Å². The zero-order valence-electron chi connectivity index (χ0n) is 16.6. The maximum absolute atomic E-state index is 9.71. The third-order valence-electron chi connectivity index (χ3n) is 5.24. The number of benzene rings is 2. The van der Waals surface area contributed by atoms with Crippen molar-refractivity contribution in [3.63, 3.8) is 0 Å². The Morgan fingerprint density at radius 2 is 1.96 bits per heavy atom. The Morgan fingerprint density at radius 1 is 1.22 bits per heavy atom. The Bertz CT molecular complexity index is 990. The molecule has 1 aliphatic heterocycles. The molecule has 2 nitrogen and oxygen atoms in total. The molecule has 138 valence electrons. The highest BCUT2D eigenvalue weighted by molar-refractivity contribution is 9.10. The van der Waals surface area contributed by atoms with Gasteiger partial charge in [0, 0.05) is 22.3 Å². The minimum Gasteiger partial charge on any atom is -0.363 e. The Kier molecular flexibility index (Phi) is 5.31. The first-order valence-electron chi connectivity index (χ1n) is 9.26. The molecule has 0 fully saturated rings. The maximum Gasteiger partial charge on any atom is 0.0998 e. The minimum absolute atomic E-state index is 0.00373. The van der Waals surface area contributed by atoms with Crippen LogP contribution in [0.25, 0.3) is 17.2 Å². The second-order valence-electron chi connectivity index (χ2n) is 7.63. The average molecular weight is 421 g/mol. The lowest BCUT2D eigenvalue weighted by Crippen LogP contribution is -2.44. The standard InChI is InChI=1S/C24H25BrN2/c1-6-27-23-10-16(2)19(13-22(23)17(3)14-24(27,4)5)11-20(15-26)18-8-7-9-21(25)12-18/h7-14H,6H2,1-5H3/b20-11+. The van der Waals surface area contributed by atoms with Crippen molar-refractivity contribution < 1.29 is 0 Å². The summed E-state index contributed by atoms with van der Waals surface area (Å²) < 4.78 is 0.975.